The van der Waals surface area contributed by atoms with Crippen molar-refractivity contribution in [2.24, 2.45) is 0 Å². The van der Waals surface area contributed by atoms with Crippen LogP contribution in [0.4, 0.5) is 0 Å². The third-order valence-electron chi connectivity index (χ3n) is 2.83. The highest BCUT2D eigenvalue weighted by Crippen LogP contribution is 2.20. The Hall–Kier alpha value is -1.16. The van der Waals surface area contributed by atoms with Gasteiger partial charge in [0.25, 0.3) is 0 Å². The van der Waals surface area contributed by atoms with Crippen LogP contribution >= 0.6 is 0 Å². The lowest BCUT2D eigenvalue weighted by molar-refractivity contribution is 0.0949. The Kier molecular flexibility index (Phi) is 5.19. The average Bonchev–Trinajstić information content (AvgIpc) is 2.33. The predicted molar refractivity (Wildman–Crippen MR) is 65.1 cm³/mol. The fourth-order valence-corrected chi connectivity index (χ4v) is 1.75. The molecule has 0 saturated heterocycles. The van der Waals surface area contributed by atoms with Crippen LogP contribution in [0, 0.1) is 0 Å². The van der Waals surface area contributed by atoms with Crippen molar-refractivity contribution in [3.05, 3.63) is 48.6 Å². The van der Waals surface area contributed by atoms with Gasteiger partial charge in [0, 0.05) is 0 Å². The van der Waals surface area contributed by atoms with E-state index < -0.39 is 0 Å². The van der Waals surface area contributed by atoms with Gasteiger partial charge in [-0.3, -0.25) is 4.90 Å². The maximum Gasteiger partial charge on any atom is 0.0628 e. The Labute approximate surface area is 96.6 Å². The quantitative estimate of drug-likeness (QED) is 0.709. The first kappa shape index (κ1) is 12.9. The Balaban J connectivity index is 2.86. The minimum absolute atomic E-state index is 0.00331. The molecule has 0 aromatic heterocycles. The number of likely N-dealkylation sites (N-methyl/N-ethyl adjacent to an activating group) is 1. The number of nitrogens with zero attached hydrogens (tertiary/aromatic N) is 1. The van der Waals surface area contributed by atoms with E-state index in [0.29, 0.717) is 0 Å². The first-order chi connectivity index (χ1) is 7.74. The van der Waals surface area contributed by atoms with Gasteiger partial charge >= 0.3 is 0 Å². The smallest absolute Gasteiger partial charge is 0.0628 e. The number of hydrogen-bond acceptors (Lipinski definition) is 3. The Morgan fingerprint density at radius 2 is 1.88 bits per heavy atom. The third-order valence-corrected chi connectivity index (χ3v) is 2.83. The highest BCUT2D eigenvalue weighted by atomic mass is 16.3. The number of hydrogen-bond donors (Lipinski definition) is 2. The van der Waals surface area contributed by atoms with Gasteiger partial charge in [0.1, 0.15) is 0 Å². The van der Waals surface area contributed by atoms with Crippen molar-refractivity contribution in [1.29, 1.82) is 0 Å². The van der Waals surface area contributed by atoms with Gasteiger partial charge in [-0.15, -0.1) is 6.58 Å². The van der Waals surface area contributed by atoms with E-state index in [4.69, 9.17) is 0 Å². The van der Waals surface area contributed by atoms with Crippen molar-refractivity contribution in [2.45, 2.75) is 12.1 Å². The summed E-state index contributed by atoms with van der Waals surface area (Å²) in [5, 5.41) is 18.6. The molecule has 88 valence electrons. The van der Waals surface area contributed by atoms with E-state index in [9.17, 15) is 10.2 Å². The SMILES string of the molecule is C=C[C@H](CO)N(C)[C@@H](CO)c1ccccc1. The van der Waals surface area contributed by atoms with Crippen LogP contribution in [0.5, 0.6) is 0 Å². The van der Waals surface area contributed by atoms with Gasteiger partial charge in [-0.2, -0.15) is 0 Å². The summed E-state index contributed by atoms with van der Waals surface area (Å²) < 4.78 is 0. The van der Waals surface area contributed by atoms with Gasteiger partial charge in [-0.25, -0.2) is 0 Å². The molecule has 0 saturated carbocycles. The van der Waals surface area contributed by atoms with E-state index in [1.54, 1.807) is 6.08 Å². The normalized spacial score (nSPS) is 14.8. The summed E-state index contributed by atoms with van der Waals surface area (Å²) in [7, 11) is 1.87. The zero-order valence-electron chi connectivity index (χ0n) is 9.58. The molecular formula is C13H19NO2. The molecular weight excluding hydrogens is 202 g/mol. The van der Waals surface area contributed by atoms with Crippen molar-refractivity contribution in [2.75, 3.05) is 20.3 Å². The number of benzene rings is 1. The van der Waals surface area contributed by atoms with Crippen LogP contribution in [-0.4, -0.2) is 41.4 Å². The van der Waals surface area contributed by atoms with Gasteiger partial charge in [0.15, 0.2) is 0 Å². The van der Waals surface area contributed by atoms with Crippen LogP contribution in [0.1, 0.15) is 11.6 Å². The zero-order chi connectivity index (χ0) is 12.0. The maximum atomic E-state index is 9.43. The summed E-state index contributed by atoms with van der Waals surface area (Å²) in [4.78, 5) is 1.92. The lowest BCUT2D eigenvalue weighted by Gasteiger charge is -2.31. The van der Waals surface area contributed by atoms with E-state index in [1.165, 1.54) is 0 Å². The largest absolute Gasteiger partial charge is 0.394 e. The predicted octanol–water partition coefficient (Wildman–Crippen LogP) is 1.20. The van der Waals surface area contributed by atoms with Crippen molar-refractivity contribution in [3.8, 4) is 0 Å². The lowest BCUT2D eigenvalue weighted by atomic mass is 10.0. The third kappa shape index (κ3) is 2.92. The molecule has 3 heteroatoms. The van der Waals surface area contributed by atoms with Crippen molar-refractivity contribution in [3.63, 3.8) is 0 Å². The number of rotatable bonds is 6. The molecule has 0 spiro atoms. The molecule has 0 aliphatic heterocycles. The van der Waals surface area contributed by atoms with Crippen LogP contribution in [-0.2, 0) is 0 Å². The van der Waals surface area contributed by atoms with E-state index in [1.807, 2.05) is 42.3 Å². The van der Waals surface area contributed by atoms with Crippen LogP contribution in [0.2, 0.25) is 0 Å². The van der Waals surface area contributed by atoms with Crippen LogP contribution in [0.3, 0.4) is 0 Å². The van der Waals surface area contributed by atoms with E-state index in [-0.39, 0.29) is 25.3 Å². The summed E-state index contributed by atoms with van der Waals surface area (Å²) in [6, 6.07) is 9.49. The molecule has 16 heavy (non-hydrogen) atoms. The minimum Gasteiger partial charge on any atom is -0.394 e. The summed E-state index contributed by atoms with van der Waals surface area (Å²) >= 11 is 0. The molecule has 3 nitrogen and oxygen atoms in total. The highest BCUT2D eigenvalue weighted by molar-refractivity contribution is 5.19. The molecule has 0 bridgehead atoms. The number of aliphatic hydroxyl groups excluding tert-OH is 2. The minimum atomic E-state index is -0.141. The zero-order valence-corrected chi connectivity index (χ0v) is 9.58. The van der Waals surface area contributed by atoms with Gasteiger partial charge in [0.05, 0.1) is 25.3 Å². The molecule has 0 radical (unpaired) electrons. The van der Waals surface area contributed by atoms with E-state index >= 15 is 0 Å². The van der Waals surface area contributed by atoms with Gasteiger partial charge in [-0.05, 0) is 12.6 Å². The summed E-state index contributed by atoms with van der Waals surface area (Å²) in [6.45, 7) is 3.70. The summed E-state index contributed by atoms with van der Waals surface area (Å²) in [6.07, 6.45) is 1.69. The van der Waals surface area contributed by atoms with Gasteiger partial charge in [0.2, 0.25) is 0 Å². The van der Waals surface area contributed by atoms with Crippen LogP contribution in [0.15, 0.2) is 43.0 Å². The molecule has 1 aromatic rings. The first-order valence-corrected chi connectivity index (χ1v) is 5.35. The average molecular weight is 221 g/mol. The van der Waals surface area contributed by atoms with Crippen molar-refractivity contribution < 1.29 is 10.2 Å². The lowest BCUT2D eigenvalue weighted by Crippen LogP contribution is -2.37. The fourth-order valence-electron chi connectivity index (χ4n) is 1.75. The van der Waals surface area contributed by atoms with Crippen molar-refractivity contribution >= 4 is 0 Å². The van der Waals surface area contributed by atoms with Gasteiger partial charge < -0.3 is 10.2 Å². The molecule has 1 rings (SSSR count). The molecule has 0 heterocycles. The standard InChI is InChI=1S/C13H19NO2/c1-3-12(9-15)14(2)13(10-16)11-7-5-4-6-8-11/h3-8,12-13,15-16H,1,9-10H2,2H3/t12-,13+/m1/s1. The highest BCUT2D eigenvalue weighted by Gasteiger charge is 2.20. The topological polar surface area (TPSA) is 43.7 Å². The molecule has 2 atom stereocenters. The van der Waals surface area contributed by atoms with E-state index in [2.05, 4.69) is 6.58 Å². The summed E-state index contributed by atoms with van der Waals surface area (Å²) in [5.74, 6) is 0. The van der Waals surface area contributed by atoms with Crippen LogP contribution < -0.4 is 0 Å². The van der Waals surface area contributed by atoms with Crippen LogP contribution in [0.25, 0.3) is 0 Å². The van der Waals surface area contributed by atoms with Gasteiger partial charge in [-0.1, -0.05) is 36.4 Å². The fraction of sp³-hybridized carbons (Fsp3) is 0.385. The molecule has 0 aliphatic rings. The Bertz CT molecular complexity index is 313. The maximum absolute atomic E-state index is 9.43. The van der Waals surface area contributed by atoms with E-state index in [0.717, 1.165) is 5.56 Å². The second-order valence-corrected chi connectivity index (χ2v) is 3.76. The molecule has 0 amide bonds. The Morgan fingerprint density at radius 1 is 1.25 bits per heavy atom. The molecule has 0 fully saturated rings. The second-order valence-electron chi connectivity index (χ2n) is 3.76. The monoisotopic (exact) mass is 221 g/mol. The first-order valence-electron chi connectivity index (χ1n) is 5.35. The Morgan fingerprint density at radius 3 is 2.31 bits per heavy atom. The molecule has 0 aliphatic carbocycles. The van der Waals surface area contributed by atoms with Crippen molar-refractivity contribution in [1.82, 2.24) is 4.90 Å². The molecule has 2 N–H and O–H groups in total. The number of aliphatic hydroxyl groups is 2. The molecule has 0 unspecified atom stereocenters. The summed E-state index contributed by atoms with van der Waals surface area (Å²) in [5.41, 5.74) is 1.04. The second kappa shape index (κ2) is 6.43. The molecule has 1 aromatic carbocycles.